The molecule has 27 heavy (non-hydrogen) atoms. The fourth-order valence-corrected chi connectivity index (χ4v) is 5.20. The van der Waals surface area contributed by atoms with Gasteiger partial charge in [-0.15, -0.1) is 0 Å². The molecule has 1 fully saturated rings. The number of hydrogen-bond acceptors (Lipinski definition) is 4. The van der Waals surface area contributed by atoms with Crippen LogP contribution < -0.4 is 9.62 Å². The molecule has 2 heterocycles. The van der Waals surface area contributed by atoms with Gasteiger partial charge in [-0.1, -0.05) is 13.8 Å². The van der Waals surface area contributed by atoms with E-state index in [4.69, 9.17) is 0 Å². The zero-order valence-electron chi connectivity index (χ0n) is 16.4. The molecule has 1 aromatic rings. The lowest BCUT2D eigenvalue weighted by Crippen LogP contribution is -2.36. The van der Waals surface area contributed by atoms with E-state index >= 15 is 0 Å². The molecule has 0 radical (unpaired) electrons. The van der Waals surface area contributed by atoms with Crippen molar-refractivity contribution in [2.24, 2.45) is 5.92 Å². The van der Waals surface area contributed by atoms with Crippen molar-refractivity contribution in [2.45, 2.75) is 50.8 Å². The molecule has 1 atom stereocenters. The Morgan fingerprint density at radius 3 is 2.85 bits per heavy atom. The normalized spacial score (nSPS) is 20.7. The van der Waals surface area contributed by atoms with Crippen LogP contribution in [-0.2, 0) is 21.2 Å². The van der Waals surface area contributed by atoms with Crippen LogP contribution in [0, 0.1) is 5.92 Å². The average molecular weight is 394 g/mol. The summed E-state index contributed by atoms with van der Waals surface area (Å²) >= 11 is 0. The minimum Gasteiger partial charge on any atom is -0.312 e. The Kier molecular flexibility index (Phi) is 6.55. The number of anilines is 1. The molecule has 0 saturated carbocycles. The van der Waals surface area contributed by atoms with Crippen molar-refractivity contribution < 1.29 is 13.2 Å². The van der Waals surface area contributed by atoms with E-state index in [2.05, 4.69) is 16.5 Å². The number of sulfonamides is 1. The highest BCUT2D eigenvalue weighted by molar-refractivity contribution is 7.89. The van der Waals surface area contributed by atoms with Crippen LogP contribution in [0.25, 0.3) is 0 Å². The van der Waals surface area contributed by atoms with E-state index in [1.165, 1.54) is 12.8 Å². The first-order valence-electron chi connectivity index (χ1n) is 10.1. The largest absolute Gasteiger partial charge is 0.312 e. The summed E-state index contributed by atoms with van der Waals surface area (Å²) in [6.07, 6.45) is 4.51. The maximum atomic E-state index is 12.6. The third kappa shape index (κ3) is 4.89. The summed E-state index contributed by atoms with van der Waals surface area (Å²) in [7, 11) is -3.51. The van der Waals surface area contributed by atoms with Crippen LogP contribution in [-0.4, -0.2) is 51.9 Å². The lowest BCUT2D eigenvalue weighted by atomic mass is 10.0. The molecule has 6 nitrogen and oxygen atoms in total. The van der Waals surface area contributed by atoms with Gasteiger partial charge in [0.15, 0.2) is 0 Å². The van der Waals surface area contributed by atoms with Crippen molar-refractivity contribution in [3.05, 3.63) is 23.8 Å². The van der Waals surface area contributed by atoms with Gasteiger partial charge in [0.05, 0.1) is 4.90 Å². The molecule has 2 aliphatic rings. The number of piperidine rings is 1. The first kappa shape index (κ1) is 20.3. The smallest absolute Gasteiger partial charge is 0.240 e. The quantitative estimate of drug-likeness (QED) is 0.722. The molecular weight excluding hydrogens is 362 g/mol. The zero-order chi connectivity index (χ0) is 19.4. The van der Waals surface area contributed by atoms with Gasteiger partial charge >= 0.3 is 0 Å². The van der Waals surface area contributed by atoms with E-state index in [9.17, 15) is 13.2 Å². The van der Waals surface area contributed by atoms with E-state index in [1.807, 2.05) is 6.92 Å². The molecule has 2 aliphatic heterocycles. The van der Waals surface area contributed by atoms with Crippen molar-refractivity contribution in [2.75, 3.05) is 37.6 Å². The number of carbonyl (C=O) groups is 1. The number of rotatable bonds is 7. The zero-order valence-corrected chi connectivity index (χ0v) is 17.2. The number of fused-ring (bicyclic) bond motifs is 1. The van der Waals surface area contributed by atoms with Gasteiger partial charge in [0.1, 0.15) is 0 Å². The lowest BCUT2D eigenvalue weighted by Gasteiger charge is -2.30. The van der Waals surface area contributed by atoms with Gasteiger partial charge in [0, 0.05) is 31.7 Å². The van der Waals surface area contributed by atoms with E-state index in [-0.39, 0.29) is 5.91 Å². The number of hydrogen-bond donors (Lipinski definition) is 1. The monoisotopic (exact) mass is 393 g/mol. The van der Waals surface area contributed by atoms with Crippen molar-refractivity contribution in [1.82, 2.24) is 9.62 Å². The molecular formula is C20H31N3O3S. The Labute approximate surface area is 163 Å². The van der Waals surface area contributed by atoms with Crippen LogP contribution in [0.3, 0.4) is 0 Å². The van der Waals surface area contributed by atoms with E-state index in [0.29, 0.717) is 30.8 Å². The van der Waals surface area contributed by atoms with Gasteiger partial charge < -0.3 is 9.80 Å². The summed E-state index contributed by atoms with van der Waals surface area (Å²) in [5.74, 6) is 0.815. The number of carbonyl (C=O) groups excluding carboxylic acids is 1. The summed E-state index contributed by atoms with van der Waals surface area (Å²) in [6, 6.07) is 5.08. The molecule has 0 bridgehead atoms. The Bertz CT molecular complexity index is 779. The summed E-state index contributed by atoms with van der Waals surface area (Å²) < 4.78 is 27.9. The molecule has 1 N–H and O–H groups in total. The average Bonchev–Trinajstić information content (AvgIpc) is 3.08. The van der Waals surface area contributed by atoms with Crippen LogP contribution in [0.2, 0.25) is 0 Å². The van der Waals surface area contributed by atoms with E-state index in [1.54, 1.807) is 23.1 Å². The third-order valence-corrected chi connectivity index (χ3v) is 7.00. The Morgan fingerprint density at radius 1 is 1.30 bits per heavy atom. The Morgan fingerprint density at radius 2 is 2.11 bits per heavy atom. The van der Waals surface area contributed by atoms with Crippen LogP contribution in [0.1, 0.15) is 45.1 Å². The van der Waals surface area contributed by atoms with Crippen LogP contribution in [0.5, 0.6) is 0 Å². The summed E-state index contributed by atoms with van der Waals surface area (Å²) in [4.78, 5) is 16.4. The molecule has 0 unspecified atom stereocenters. The molecule has 150 valence electrons. The van der Waals surface area contributed by atoms with Gasteiger partial charge in [0.2, 0.25) is 15.9 Å². The molecule has 0 spiro atoms. The molecule has 1 amide bonds. The molecule has 0 aliphatic carbocycles. The Balaban J connectivity index is 1.55. The van der Waals surface area contributed by atoms with Gasteiger partial charge in [-0.25, -0.2) is 13.1 Å². The van der Waals surface area contributed by atoms with Gasteiger partial charge in [-0.05, 0) is 68.5 Å². The number of nitrogens with one attached hydrogen (secondary N) is 1. The fourth-order valence-electron chi connectivity index (χ4n) is 4.08. The van der Waals surface area contributed by atoms with Crippen molar-refractivity contribution in [3.63, 3.8) is 0 Å². The second-order valence-electron chi connectivity index (χ2n) is 7.74. The summed E-state index contributed by atoms with van der Waals surface area (Å²) in [5, 5.41) is 0. The molecule has 0 aromatic heterocycles. The molecule has 3 rings (SSSR count). The topological polar surface area (TPSA) is 69.7 Å². The van der Waals surface area contributed by atoms with Crippen LogP contribution in [0.15, 0.2) is 23.1 Å². The first-order valence-corrected chi connectivity index (χ1v) is 11.5. The van der Waals surface area contributed by atoms with E-state index < -0.39 is 10.0 Å². The van der Waals surface area contributed by atoms with Crippen LogP contribution >= 0.6 is 0 Å². The predicted molar refractivity (Wildman–Crippen MR) is 107 cm³/mol. The molecule has 1 aromatic carbocycles. The minimum absolute atomic E-state index is 0.0783. The number of nitrogens with zero attached hydrogens (tertiary/aromatic N) is 2. The molecule has 7 heteroatoms. The first-order chi connectivity index (χ1) is 12.9. The second kappa shape index (κ2) is 8.71. The van der Waals surface area contributed by atoms with Crippen molar-refractivity contribution in [3.8, 4) is 0 Å². The number of benzene rings is 1. The third-order valence-electron chi connectivity index (χ3n) is 5.54. The number of likely N-dealkylation sites (tertiary alicyclic amines) is 1. The van der Waals surface area contributed by atoms with Crippen molar-refractivity contribution >= 4 is 21.6 Å². The standard InChI is InChI=1S/C20H31N3O3S/c1-3-20(24)23-13-9-17-14-18(7-8-19(17)23)27(25,26)21-10-5-12-22-11-4-6-16(2)15-22/h7-8,14,16,21H,3-6,9-13,15H2,1-2H3/t16-/m0/s1. The number of amides is 1. The van der Waals surface area contributed by atoms with Crippen molar-refractivity contribution in [1.29, 1.82) is 0 Å². The maximum absolute atomic E-state index is 12.6. The fraction of sp³-hybridized carbons (Fsp3) is 0.650. The minimum atomic E-state index is -3.51. The molecule has 1 saturated heterocycles. The predicted octanol–water partition coefficient (Wildman–Crippen LogP) is 2.39. The summed E-state index contributed by atoms with van der Waals surface area (Å²) in [5.41, 5.74) is 1.78. The van der Waals surface area contributed by atoms with Gasteiger partial charge in [-0.3, -0.25) is 4.79 Å². The highest BCUT2D eigenvalue weighted by Gasteiger charge is 2.25. The van der Waals surface area contributed by atoms with E-state index in [0.717, 1.165) is 43.2 Å². The second-order valence-corrected chi connectivity index (χ2v) is 9.51. The SMILES string of the molecule is CCC(=O)N1CCc2cc(S(=O)(=O)NCCCN3CCC[C@H](C)C3)ccc21. The maximum Gasteiger partial charge on any atom is 0.240 e. The highest BCUT2D eigenvalue weighted by atomic mass is 32.2. The Hall–Kier alpha value is -1.44. The lowest BCUT2D eigenvalue weighted by molar-refractivity contribution is -0.118. The summed E-state index contributed by atoms with van der Waals surface area (Å²) in [6.45, 7) is 8.37. The van der Waals surface area contributed by atoms with Gasteiger partial charge in [-0.2, -0.15) is 0 Å². The highest BCUT2D eigenvalue weighted by Crippen LogP contribution is 2.30. The van der Waals surface area contributed by atoms with Gasteiger partial charge in [0.25, 0.3) is 0 Å². The van der Waals surface area contributed by atoms with Crippen LogP contribution in [0.4, 0.5) is 5.69 Å².